The molecule has 1 heterocycles. The minimum atomic E-state index is -0.536. The number of carbonyl (C=O) groups excluding carboxylic acids is 1. The molecule has 7 heteroatoms. The summed E-state index contributed by atoms with van der Waals surface area (Å²) >= 11 is 11.7. The summed E-state index contributed by atoms with van der Waals surface area (Å²) < 4.78 is 15.9. The van der Waals surface area contributed by atoms with Gasteiger partial charge in [-0.05, 0) is 42.5 Å². The molecule has 0 unspecified atom stereocenters. The molecule has 0 amide bonds. The van der Waals surface area contributed by atoms with Crippen molar-refractivity contribution in [2.24, 2.45) is 0 Å². The molecule has 3 rings (SSSR count). The van der Waals surface area contributed by atoms with Crippen molar-refractivity contribution in [3.05, 3.63) is 70.7 Å². The van der Waals surface area contributed by atoms with Crippen molar-refractivity contribution >= 4 is 29.2 Å². The Kier molecular flexibility index (Phi) is 5.58. The summed E-state index contributed by atoms with van der Waals surface area (Å²) in [4.78, 5) is 15.8. The van der Waals surface area contributed by atoms with Crippen LogP contribution in [0.2, 0.25) is 10.0 Å². The smallest absolute Gasteiger partial charge is 0.344 e. The Hall–Kier alpha value is -2.50. The SMILES string of the molecule is O=C(COc1cccc(Cl)c1)OCc1ncc(-c2ccc(Cl)cc2)o1. The third-order valence-electron chi connectivity index (χ3n) is 3.19. The fourth-order valence-electron chi connectivity index (χ4n) is 2.01. The first-order chi connectivity index (χ1) is 12.1. The van der Waals surface area contributed by atoms with Crippen LogP contribution in [0.5, 0.6) is 5.75 Å². The van der Waals surface area contributed by atoms with Gasteiger partial charge in [-0.15, -0.1) is 0 Å². The maximum absolute atomic E-state index is 11.7. The Morgan fingerprint density at radius 3 is 2.64 bits per heavy atom. The molecule has 0 fully saturated rings. The lowest BCUT2D eigenvalue weighted by molar-refractivity contribution is -0.148. The molecule has 0 aliphatic rings. The molecular weight excluding hydrogens is 365 g/mol. The lowest BCUT2D eigenvalue weighted by Gasteiger charge is -2.06. The number of halogens is 2. The van der Waals surface area contributed by atoms with Crippen LogP contribution in [0.4, 0.5) is 0 Å². The van der Waals surface area contributed by atoms with E-state index in [1.807, 2.05) is 12.1 Å². The van der Waals surface area contributed by atoms with E-state index in [4.69, 9.17) is 37.1 Å². The predicted octanol–water partition coefficient (Wildman–Crippen LogP) is 4.77. The van der Waals surface area contributed by atoms with Crippen LogP contribution in [0.25, 0.3) is 11.3 Å². The molecule has 0 spiro atoms. The van der Waals surface area contributed by atoms with E-state index in [1.54, 1.807) is 42.6 Å². The van der Waals surface area contributed by atoms with Crippen LogP contribution < -0.4 is 4.74 Å². The summed E-state index contributed by atoms with van der Waals surface area (Å²) in [7, 11) is 0. The highest BCUT2D eigenvalue weighted by Crippen LogP contribution is 2.22. The minimum absolute atomic E-state index is 0.0780. The Labute approximate surface area is 154 Å². The second-order valence-electron chi connectivity index (χ2n) is 5.03. The number of ether oxygens (including phenoxy) is 2. The second-order valence-corrected chi connectivity index (χ2v) is 5.90. The van der Waals surface area contributed by atoms with E-state index in [1.165, 1.54) is 0 Å². The molecule has 1 aromatic heterocycles. The third-order valence-corrected chi connectivity index (χ3v) is 3.68. The van der Waals surface area contributed by atoms with Gasteiger partial charge >= 0.3 is 5.97 Å². The van der Waals surface area contributed by atoms with Crippen molar-refractivity contribution in [3.63, 3.8) is 0 Å². The summed E-state index contributed by atoms with van der Waals surface area (Å²) in [6.45, 7) is -0.309. The van der Waals surface area contributed by atoms with E-state index in [0.29, 0.717) is 27.4 Å². The van der Waals surface area contributed by atoms with Crippen molar-refractivity contribution < 1.29 is 18.7 Å². The van der Waals surface area contributed by atoms with E-state index in [9.17, 15) is 4.79 Å². The van der Waals surface area contributed by atoms with Crippen molar-refractivity contribution in [3.8, 4) is 17.1 Å². The van der Waals surface area contributed by atoms with Gasteiger partial charge in [0.25, 0.3) is 0 Å². The van der Waals surface area contributed by atoms with Crippen LogP contribution >= 0.6 is 23.2 Å². The number of esters is 1. The minimum Gasteiger partial charge on any atom is -0.482 e. The third kappa shape index (κ3) is 4.98. The maximum Gasteiger partial charge on any atom is 0.344 e. The number of rotatable bonds is 6. The molecule has 3 aromatic rings. The Morgan fingerprint density at radius 1 is 1.08 bits per heavy atom. The molecule has 0 saturated heterocycles. The van der Waals surface area contributed by atoms with Gasteiger partial charge in [0, 0.05) is 15.6 Å². The van der Waals surface area contributed by atoms with Crippen LogP contribution in [-0.4, -0.2) is 17.6 Å². The topological polar surface area (TPSA) is 61.6 Å². The van der Waals surface area contributed by atoms with Gasteiger partial charge in [0.1, 0.15) is 5.75 Å². The van der Waals surface area contributed by atoms with Gasteiger partial charge in [-0.1, -0.05) is 29.3 Å². The molecule has 0 saturated carbocycles. The Morgan fingerprint density at radius 2 is 1.88 bits per heavy atom. The van der Waals surface area contributed by atoms with Crippen molar-refractivity contribution in [1.29, 1.82) is 0 Å². The van der Waals surface area contributed by atoms with Gasteiger partial charge in [-0.25, -0.2) is 9.78 Å². The normalized spacial score (nSPS) is 10.5. The predicted molar refractivity (Wildman–Crippen MR) is 93.7 cm³/mol. The molecule has 0 radical (unpaired) electrons. The number of hydrogen-bond acceptors (Lipinski definition) is 5. The van der Waals surface area contributed by atoms with Crippen molar-refractivity contribution in [1.82, 2.24) is 4.98 Å². The first-order valence-electron chi connectivity index (χ1n) is 7.35. The van der Waals surface area contributed by atoms with E-state index < -0.39 is 5.97 Å². The average molecular weight is 378 g/mol. The zero-order valence-corrected chi connectivity index (χ0v) is 14.5. The summed E-state index contributed by atoms with van der Waals surface area (Å²) in [5, 5.41) is 1.16. The molecular formula is C18H13Cl2NO4. The number of hydrogen-bond donors (Lipinski definition) is 0. The highest BCUT2D eigenvalue weighted by molar-refractivity contribution is 6.30. The molecule has 0 bridgehead atoms. The largest absolute Gasteiger partial charge is 0.482 e. The standard InChI is InChI=1S/C18H13Cl2NO4/c19-13-6-4-12(5-7-13)16-9-21-17(25-16)10-24-18(22)11-23-15-3-1-2-14(20)8-15/h1-9H,10-11H2. The molecule has 128 valence electrons. The fourth-order valence-corrected chi connectivity index (χ4v) is 2.31. The zero-order chi connectivity index (χ0) is 17.6. The van der Waals surface area contributed by atoms with Crippen LogP contribution in [0.1, 0.15) is 5.89 Å². The van der Waals surface area contributed by atoms with Crippen LogP contribution in [-0.2, 0) is 16.1 Å². The molecule has 0 aliphatic carbocycles. The summed E-state index contributed by atoms with van der Waals surface area (Å²) in [6, 6.07) is 13.9. The number of aromatic nitrogens is 1. The zero-order valence-electron chi connectivity index (χ0n) is 12.9. The van der Waals surface area contributed by atoms with Crippen molar-refractivity contribution in [2.75, 3.05) is 6.61 Å². The average Bonchev–Trinajstić information content (AvgIpc) is 3.08. The van der Waals surface area contributed by atoms with Gasteiger partial charge in [0.15, 0.2) is 19.0 Å². The van der Waals surface area contributed by atoms with Crippen LogP contribution in [0, 0.1) is 0 Å². The Bertz CT molecular complexity index is 862. The van der Waals surface area contributed by atoms with Crippen LogP contribution in [0.15, 0.2) is 59.1 Å². The molecule has 0 atom stereocenters. The van der Waals surface area contributed by atoms with Gasteiger partial charge in [-0.2, -0.15) is 0 Å². The highest BCUT2D eigenvalue weighted by Gasteiger charge is 2.10. The summed E-state index contributed by atoms with van der Waals surface area (Å²) in [5.74, 6) is 0.816. The lowest BCUT2D eigenvalue weighted by atomic mass is 10.2. The van der Waals surface area contributed by atoms with Gasteiger partial charge < -0.3 is 13.9 Å². The molecule has 25 heavy (non-hydrogen) atoms. The molecule has 0 N–H and O–H groups in total. The first kappa shape index (κ1) is 17.3. The van der Waals surface area contributed by atoms with E-state index in [-0.39, 0.29) is 13.2 Å². The van der Waals surface area contributed by atoms with E-state index in [2.05, 4.69) is 4.98 Å². The van der Waals surface area contributed by atoms with Crippen LogP contribution in [0.3, 0.4) is 0 Å². The number of benzene rings is 2. The summed E-state index contributed by atoms with van der Waals surface area (Å²) in [5.41, 5.74) is 0.832. The number of oxazole rings is 1. The van der Waals surface area contributed by atoms with Crippen molar-refractivity contribution in [2.45, 2.75) is 6.61 Å². The van der Waals surface area contributed by atoms with Gasteiger partial charge in [0.2, 0.25) is 5.89 Å². The number of nitrogens with zero attached hydrogens (tertiary/aromatic N) is 1. The first-order valence-corrected chi connectivity index (χ1v) is 8.10. The number of carbonyl (C=O) groups is 1. The Balaban J connectivity index is 1.50. The van der Waals surface area contributed by atoms with E-state index >= 15 is 0 Å². The van der Waals surface area contributed by atoms with E-state index in [0.717, 1.165) is 5.56 Å². The van der Waals surface area contributed by atoms with Gasteiger partial charge in [-0.3, -0.25) is 0 Å². The summed E-state index contributed by atoms with van der Waals surface area (Å²) in [6.07, 6.45) is 1.56. The second kappa shape index (κ2) is 8.05. The highest BCUT2D eigenvalue weighted by atomic mass is 35.5. The monoisotopic (exact) mass is 377 g/mol. The maximum atomic E-state index is 11.7. The van der Waals surface area contributed by atoms with Gasteiger partial charge in [0.05, 0.1) is 6.20 Å². The molecule has 0 aliphatic heterocycles. The quantitative estimate of drug-likeness (QED) is 0.578. The fraction of sp³-hybridized carbons (Fsp3) is 0.111. The molecule has 2 aromatic carbocycles. The molecule has 5 nitrogen and oxygen atoms in total. The lowest BCUT2D eigenvalue weighted by Crippen LogP contribution is -2.14.